The number of pyridine rings is 1. The van der Waals surface area contributed by atoms with E-state index in [9.17, 15) is 4.79 Å². The maximum Gasteiger partial charge on any atom is 0.254 e. The van der Waals surface area contributed by atoms with E-state index in [1.807, 2.05) is 12.1 Å². The number of benzene rings is 1. The van der Waals surface area contributed by atoms with Gasteiger partial charge < -0.3 is 5.32 Å². The summed E-state index contributed by atoms with van der Waals surface area (Å²) in [6.07, 6.45) is 3.91. The Kier molecular flexibility index (Phi) is 3.97. The quantitative estimate of drug-likeness (QED) is 0.935. The molecule has 2 aromatic rings. The Morgan fingerprint density at radius 2 is 2.10 bits per heavy atom. The molecule has 0 atom stereocenters. The Balaban J connectivity index is 1.87. The number of aromatic nitrogens is 1. The number of carbonyl (C=O) groups is 1. The van der Waals surface area contributed by atoms with Gasteiger partial charge in [0.2, 0.25) is 0 Å². The molecule has 0 saturated heterocycles. The molecule has 0 radical (unpaired) electrons. The summed E-state index contributed by atoms with van der Waals surface area (Å²) >= 11 is 1.56. The number of hydrogen-bond donors (Lipinski definition) is 1. The molecule has 1 N–H and O–H groups in total. The van der Waals surface area contributed by atoms with Gasteiger partial charge in [0.1, 0.15) is 5.03 Å². The molecule has 0 bridgehead atoms. The van der Waals surface area contributed by atoms with Crippen molar-refractivity contribution in [3.63, 3.8) is 0 Å². The predicted octanol–water partition coefficient (Wildman–Crippen LogP) is 3.74. The van der Waals surface area contributed by atoms with Gasteiger partial charge in [-0.2, -0.15) is 0 Å². The fraction of sp³-hybridized carbons (Fsp3) is 0.294. The van der Waals surface area contributed by atoms with Crippen molar-refractivity contribution in [1.29, 1.82) is 0 Å². The standard InChI is InChI=1S/C17H18N2OS/c1-11-5-6-12(2)15(10-11)21-17-14(4-3-9-18-17)16(20)19-13-7-8-13/h3-6,9-10,13H,7-8H2,1-2H3,(H,19,20). The summed E-state index contributed by atoms with van der Waals surface area (Å²) in [5.74, 6) is -0.0154. The zero-order valence-electron chi connectivity index (χ0n) is 12.2. The van der Waals surface area contributed by atoms with Crippen molar-refractivity contribution < 1.29 is 4.79 Å². The zero-order chi connectivity index (χ0) is 14.8. The lowest BCUT2D eigenvalue weighted by atomic mass is 10.2. The van der Waals surface area contributed by atoms with Gasteiger partial charge in [0, 0.05) is 17.1 Å². The molecular weight excluding hydrogens is 280 g/mol. The first-order valence-electron chi connectivity index (χ1n) is 7.14. The van der Waals surface area contributed by atoms with Crippen molar-refractivity contribution >= 4 is 17.7 Å². The lowest BCUT2D eigenvalue weighted by molar-refractivity contribution is 0.0947. The van der Waals surface area contributed by atoms with Gasteiger partial charge in [0.15, 0.2) is 0 Å². The maximum atomic E-state index is 12.3. The van der Waals surface area contributed by atoms with Crippen LogP contribution in [0.15, 0.2) is 46.5 Å². The monoisotopic (exact) mass is 298 g/mol. The number of carbonyl (C=O) groups excluding carboxylic acids is 1. The van der Waals surface area contributed by atoms with Crippen LogP contribution in [0.3, 0.4) is 0 Å². The van der Waals surface area contributed by atoms with Crippen molar-refractivity contribution in [1.82, 2.24) is 10.3 Å². The Morgan fingerprint density at radius 3 is 2.86 bits per heavy atom. The molecule has 3 rings (SSSR count). The van der Waals surface area contributed by atoms with Crippen LogP contribution in [0.2, 0.25) is 0 Å². The van der Waals surface area contributed by atoms with E-state index in [4.69, 9.17) is 0 Å². The van der Waals surface area contributed by atoms with Crippen LogP contribution in [0, 0.1) is 13.8 Å². The Bertz CT molecular complexity index is 680. The summed E-state index contributed by atoms with van der Waals surface area (Å²) in [6.45, 7) is 4.15. The Hall–Kier alpha value is -1.81. The van der Waals surface area contributed by atoms with Gasteiger partial charge in [-0.25, -0.2) is 4.98 Å². The van der Waals surface area contributed by atoms with Crippen LogP contribution in [-0.4, -0.2) is 16.9 Å². The van der Waals surface area contributed by atoms with Crippen LogP contribution in [0.5, 0.6) is 0 Å². The molecular formula is C17H18N2OS. The number of hydrogen-bond acceptors (Lipinski definition) is 3. The van der Waals surface area contributed by atoms with Crippen molar-refractivity contribution in [2.24, 2.45) is 0 Å². The van der Waals surface area contributed by atoms with E-state index in [2.05, 4.69) is 42.3 Å². The molecule has 1 heterocycles. The molecule has 108 valence electrons. The van der Waals surface area contributed by atoms with Gasteiger partial charge in [0.05, 0.1) is 5.56 Å². The summed E-state index contributed by atoms with van der Waals surface area (Å²) in [5.41, 5.74) is 3.07. The first-order valence-corrected chi connectivity index (χ1v) is 7.96. The van der Waals surface area contributed by atoms with Crippen molar-refractivity contribution in [2.45, 2.75) is 42.7 Å². The normalized spacial score (nSPS) is 14.0. The highest BCUT2D eigenvalue weighted by atomic mass is 32.2. The van der Waals surface area contributed by atoms with Crippen molar-refractivity contribution in [2.75, 3.05) is 0 Å². The topological polar surface area (TPSA) is 42.0 Å². The molecule has 0 spiro atoms. The summed E-state index contributed by atoms with van der Waals surface area (Å²) in [4.78, 5) is 17.8. The van der Waals surface area contributed by atoms with E-state index in [0.717, 1.165) is 22.8 Å². The van der Waals surface area contributed by atoms with Gasteiger partial charge in [-0.3, -0.25) is 4.79 Å². The zero-order valence-corrected chi connectivity index (χ0v) is 13.0. The Morgan fingerprint density at radius 1 is 1.29 bits per heavy atom. The second-order valence-corrected chi connectivity index (χ2v) is 6.51. The molecule has 1 aliphatic rings. The minimum atomic E-state index is -0.0154. The van der Waals surface area contributed by atoms with E-state index < -0.39 is 0 Å². The molecule has 4 heteroatoms. The van der Waals surface area contributed by atoms with Gasteiger partial charge in [-0.1, -0.05) is 23.9 Å². The van der Waals surface area contributed by atoms with Gasteiger partial charge in [0.25, 0.3) is 5.91 Å². The fourth-order valence-corrected chi connectivity index (χ4v) is 3.12. The molecule has 0 aliphatic heterocycles. The number of nitrogens with zero attached hydrogens (tertiary/aromatic N) is 1. The molecule has 21 heavy (non-hydrogen) atoms. The maximum absolute atomic E-state index is 12.3. The molecule has 1 fully saturated rings. The predicted molar refractivity (Wildman–Crippen MR) is 84.8 cm³/mol. The van der Waals surface area contributed by atoms with Gasteiger partial charge >= 0.3 is 0 Å². The summed E-state index contributed by atoms with van der Waals surface area (Å²) in [6, 6.07) is 10.4. The molecule has 1 saturated carbocycles. The van der Waals surface area contributed by atoms with E-state index in [1.165, 1.54) is 11.1 Å². The highest BCUT2D eigenvalue weighted by Gasteiger charge is 2.25. The van der Waals surface area contributed by atoms with E-state index in [0.29, 0.717) is 11.6 Å². The van der Waals surface area contributed by atoms with Crippen molar-refractivity contribution in [3.05, 3.63) is 53.2 Å². The van der Waals surface area contributed by atoms with Crippen molar-refractivity contribution in [3.8, 4) is 0 Å². The summed E-state index contributed by atoms with van der Waals surface area (Å²) in [5, 5.41) is 3.80. The largest absolute Gasteiger partial charge is 0.349 e. The van der Waals surface area contributed by atoms with Gasteiger partial charge in [-0.05, 0) is 56.0 Å². The van der Waals surface area contributed by atoms with Crippen LogP contribution in [0.1, 0.15) is 34.3 Å². The first kappa shape index (κ1) is 14.1. The third-order valence-electron chi connectivity index (χ3n) is 3.48. The van der Waals surface area contributed by atoms with Crippen LogP contribution in [0.25, 0.3) is 0 Å². The first-order chi connectivity index (χ1) is 10.1. The van der Waals surface area contributed by atoms with Gasteiger partial charge in [-0.15, -0.1) is 0 Å². The highest BCUT2D eigenvalue weighted by Crippen LogP contribution is 2.32. The van der Waals surface area contributed by atoms with E-state index in [-0.39, 0.29) is 5.91 Å². The lowest BCUT2D eigenvalue weighted by Gasteiger charge is -2.10. The molecule has 0 unspecified atom stereocenters. The molecule has 1 amide bonds. The number of rotatable bonds is 4. The number of aryl methyl sites for hydroxylation is 2. The molecule has 1 aromatic carbocycles. The van der Waals surface area contributed by atoms with E-state index >= 15 is 0 Å². The van der Waals surface area contributed by atoms with Crippen LogP contribution >= 0.6 is 11.8 Å². The van der Waals surface area contributed by atoms with E-state index in [1.54, 1.807) is 18.0 Å². The minimum absolute atomic E-state index is 0.0154. The SMILES string of the molecule is Cc1ccc(C)c(Sc2ncccc2C(=O)NC2CC2)c1. The lowest BCUT2D eigenvalue weighted by Crippen LogP contribution is -2.26. The smallest absolute Gasteiger partial charge is 0.254 e. The average molecular weight is 298 g/mol. The van der Waals surface area contributed by atoms with Crippen LogP contribution < -0.4 is 5.32 Å². The highest BCUT2D eigenvalue weighted by molar-refractivity contribution is 7.99. The average Bonchev–Trinajstić information content (AvgIpc) is 3.27. The second kappa shape index (κ2) is 5.90. The third kappa shape index (κ3) is 3.45. The minimum Gasteiger partial charge on any atom is -0.349 e. The van der Waals surface area contributed by atoms with Crippen LogP contribution in [0.4, 0.5) is 0 Å². The number of nitrogens with one attached hydrogen (secondary N) is 1. The summed E-state index contributed by atoms with van der Waals surface area (Å²) in [7, 11) is 0. The molecule has 1 aromatic heterocycles. The second-order valence-electron chi connectivity index (χ2n) is 5.47. The fourth-order valence-electron chi connectivity index (χ4n) is 2.06. The van der Waals surface area contributed by atoms with Crippen LogP contribution in [-0.2, 0) is 0 Å². The molecule has 1 aliphatic carbocycles. The third-order valence-corrected chi connectivity index (χ3v) is 4.66. The Labute approximate surface area is 129 Å². The molecule has 3 nitrogen and oxygen atoms in total. The summed E-state index contributed by atoms with van der Waals surface area (Å²) < 4.78 is 0. The number of amides is 1.